The molecule has 0 atom stereocenters. The quantitative estimate of drug-likeness (QED) is 0.706. The van der Waals surface area contributed by atoms with E-state index >= 15 is 0 Å². The molecule has 1 saturated heterocycles. The number of hydrogen-bond donors (Lipinski definition) is 1. The molecule has 2 aromatic rings. The van der Waals surface area contributed by atoms with E-state index < -0.39 is 6.61 Å². The van der Waals surface area contributed by atoms with E-state index in [9.17, 15) is 18.4 Å². The van der Waals surface area contributed by atoms with Crippen LogP contribution in [0, 0.1) is 0 Å². The lowest BCUT2D eigenvalue weighted by atomic mass is 10.1. The topological polar surface area (TPSA) is 61.9 Å². The Balaban J connectivity index is 1.52. The van der Waals surface area contributed by atoms with E-state index in [1.54, 1.807) is 23.1 Å². The third-order valence-electron chi connectivity index (χ3n) is 4.49. The molecule has 1 heterocycles. The van der Waals surface area contributed by atoms with Crippen molar-refractivity contribution in [2.24, 2.45) is 0 Å². The maximum atomic E-state index is 12.7. The second-order valence-corrected chi connectivity index (χ2v) is 7.41. The van der Waals surface area contributed by atoms with Crippen LogP contribution in [0.1, 0.15) is 10.4 Å². The number of carbonyl (C=O) groups is 2. The fourth-order valence-electron chi connectivity index (χ4n) is 3.06. The minimum atomic E-state index is -3.00. The van der Waals surface area contributed by atoms with Gasteiger partial charge in [0.05, 0.1) is 12.1 Å². The number of rotatable bonds is 6. The van der Waals surface area contributed by atoms with Crippen LogP contribution in [-0.4, -0.2) is 60.9 Å². The average molecular weight is 468 g/mol. The van der Waals surface area contributed by atoms with E-state index in [1.165, 1.54) is 18.2 Å². The first-order valence-electron chi connectivity index (χ1n) is 9.03. The Kier molecular flexibility index (Phi) is 7.16. The van der Waals surface area contributed by atoms with Crippen LogP contribution < -0.4 is 10.1 Å². The van der Waals surface area contributed by atoms with Gasteiger partial charge in [-0.25, -0.2) is 0 Å². The molecular formula is C20H20BrF2N3O3. The Morgan fingerprint density at radius 3 is 2.34 bits per heavy atom. The van der Waals surface area contributed by atoms with Crippen LogP contribution in [0.5, 0.6) is 5.75 Å². The van der Waals surface area contributed by atoms with Crippen molar-refractivity contribution in [3.05, 3.63) is 58.6 Å². The van der Waals surface area contributed by atoms with Crippen LogP contribution in [0.25, 0.3) is 0 Å². The molecule has 2 amide bonds. The molecule has 0 unspecified atom stereocenters. The molecule has 3 rings (SSSR count). The van der Waals surface area contributed by atoms with Crippen LogP contribution in [0.3, 0.4) is 0 Å². The molecule has 6 nitrogen and oxygen atoms in total. The molecule has 1 fully saturated rings. The number of hydrogen-bond acceptors (Lipinski definition) is 4. The van der Waals surface area contributed by atoms with Crippen LogP contribution in [0.15, 0.2) is 53.0 Å². The van der Waals surface area contributed by atoms with E-state index in [2.05, 4.69) is 26.0 Å². The Labute approximate surface area is 175 Å². The summed E-state index contributed by atoms with van der Waals surface area (Å²) in [6.45, 7) is -0.969. The summed E-state index contributed by atoms with van der Waals surface area (Å²) in [5, 5.41) is 2.83. The second-order valence-electron chi connectivity index (χ2n) is 6.50. The lowest BCUT2D eigenvalue weighted by Crippen LogP contribution is -2.50. The first kappa shape index (κ1) is 21.2. The van der Waals surface area contributed by atoms with E-state index in [-0.39, 0.29) is 29.7 Å². The number of anilines is 1. The van der Waals surface area contributed by atoms with Crippen molar-refractivity contribution in [1.29, 1.82) is 0 Å². The molecule has 1 aliphatic heterocycles. The predicted molar refractivity (Wildman–Crippen MR) is 108 cm³/mol. The third kappa shape index (κ3) is 5.98. The number of carbonyl (C=O) groups excluding carboxylic acids is 2. The van der Waals surface area contributed by atoms with Crippen molar-refractivity contribution in [2.45, 2.75) is 6.61 Å². The van der Waals surface area contributed by atoms with E-state index in [0.717, 1.165) is 4.47 Å². The van der Waals surface area contributed by atoms with Crippen molar-refractivity contribution in [3.63, 3.8) is 0 Å². The van der Waals surface area contributed by atoms with Crippen LogP contribution in [0.4, 0.5) is 14.5 Å². The summed E-state index contributed by atoms with van der Waals surface area (Å²) in [6, 6.07) is 13.3. The number of piperazine rings is 1. The highest BCUT2D eigenvalue weighted by atomic mass is 79.9. The normalized spacial score (nSPS) is 14.7. The van der Waals surface area contributed by atoms with Crippen LogP contribution in [-0.2, 0) is 4.79 Å². The summed E-state index contributed by atoms with van der Waals surface area (Å²) in [6.07, 6.45) is 0. The summed E-state index contributed by atoms with van der Waals surface area (Å²) in [7, 11) is 0. The zero-order valence-electron chi connectivity index (χ0n) is 15.5. The Morgan fingerprint density at radius 1 is 1.03 bits per heavy atom. The maximum absolute atomic E-state index is 12.7. The standard InChI is InChI=1S/C20H20BrF2N3O3/c21-14-5-7-15(8-6-14)24-18(27)13-25-9-11-26(12-10-25)19(28)16-3-1-2-4-17(16)29-20(22)23/h1-8,20H,9-13H2,(H,24,27). The summed E-state index contributed by atoms with van der Waals surface area (Å²) < 4.78 is 30.5. The number of halogens is 3. The summed E-state index contributed by atoms with van der Waals surface area (Å²) in [5.74, 6) is -0.633. The SMILES string of the molecule is O=C(CN1CCN(C(=O)c2ccccc2OC(F)F)CC1)Nc1ccc(Br)cc1. The number of benzene rings is 2. The Morgan fingerprint density at radius 2 is 1.69 bits per heavy atom. The first-order valence-corrected chi connectivity index (χ1v) is 9.82. The van der Waals surface area contributed by atoms with Crippen LogP contribution >= 0.6 is 15.9 Å². The summed E-state index contributed by atoms with van der Waals surface area (Å²) in [5.41, 5.74) is 0.817. The minimum Gasteiger partial charge on any atom is -0.434 e. The average Bonchev–Trinajstić information content (AvgIpc) is 2.70. The molecule has 0 aliphatic carbocycles. The fraction of sp³-hybridized carbons (Fsp3) is 0.300. The van der Waals surface area contributed by atoms with Gasteiger partial charge >= 0.3 is 6.61 Å². The van der Waals surface area contributed by atoms with Crippen molar-refractivity contribution in [1.82, 2.24) is 9.80 Å². The molecule has 0 bridgehead atoms. The van der Waals surface area contributed by atoms with Gasteiger partial charge in [-0.3, -0.25) is 14.5 Å². The van der Waals surface area contributed by atoms with Gasteiger partial charge in [0.1, 0.15) is 5.75 Å². The molecule has 1 aliphatic rings. The number of para-hydroxylation sites is 1. The lowest BCUT2D eigenvalue weighted by Gasteiger charge is -2.34. The lowest BCUT2D eigenvalue weighted by molar-refractivity contribution is -0.117. The van der Waals surface area contributed by atoms with Gasteiger partial charge in [-0.2, -0.15) is 8.78 Å². The second kappa shape index (κ2) is 9.80. The molecule has 29 heavy (non-hydrogen) atoms. The van der Waals surface area contributed by atoms with Gasteiger partial charge in [-0.15, -0.1) is 0 Å². The summed E-state index contributed by atoms with van der Waals surface area (Å²) in [4.78, 5) is 28.4. The molecule has 0 spiro atoms. The Bertz CT molecular complexity index is 856. The maximum Gasteiger partial charge on any atom is 0.387 e. The largest absolute Gasteiger partial charge is 0.434 e. The molecule has 0 radical (unpaired) electrons. The highest BCUT2D eigenvalue weighted by Crippen LogP contribution is 2.22. The molecule has 1 N–H and O–H groups in total. The smallest absolute Gasteiger partial charge is 0.387 e. The van der Waals surface area contributed by atoms with Crippen molar-refractivity contribution in [3.8, 4) is 5.75 Å². The van der Waals surface area contributed by atoms with Crippen molar-refractivity contribution >= 4 is 33.4 Å². The molecule has 0 saturated carbocycles. The molecule has 0 aromatic heterocycles. The van der Waals surface area contributed by atoms with Gasteiger partial charge in [-0.05, 0) is 36.4 Å². The monoisotopic (exact) mass is 467 g/mol. The number of alkyl halides is 2. The summed E-state index contributed by atoms with van der Waals surface area (Å²) >= 11 is 3.34. The molecular weight excluding hydrogens is 448 g/mol. The first-order chi connectivity index (χ1) is 13.9. The third-order valence-corrected chi connectivity index (χ3v) is 5.02. The van der Waals surface area contributed by atoms with Gasteiger partial charge in [0, 0.05) is 36.3 Å². The zero-order chi connectivity index (χ0) is 20.8. The number of nitrogens with one attached hydrogen (secondary N) is 1. The number of amides is 2. The molecule has 2 aromatic carbocycles. The molecule has 154 valence electrons. The van der Waals surface area contributed by atoms with Gasteiger partial charge in [0.2, 0.25) is 5.91 Å². The number of ether oxygens (including phenoxy) is 1. The van der Waals surface area contributed by atoms with E-state index in [0.29, 0.717) is 31.9 Å². The van der Waals surface area contributed by atoms with Gasteiger partial charge in [0.15, 0.2) is 0 Å². The van der Waals surface area contributed by atoms with Gasteiger partial charge in [0.25, 0.3) is 5.91 Å². The van der Waals surface area contributed by atoms with Gasteiger partial charge < -0.3 is 15.0 Å². The predicted octanol–water partition coefficient (Wildman–Crippen LogP) is 3.45. The Hall–Kier alpha value is -2.52. The van der Waals surface area contributed by atoms with Crippen molar-refractivity contribution in [2.75, 3.05) is 38.0 Å². The highest BCUT2D eigenvalue weighted by molar-refractivity contribution is 9.10. The number of nitrogens with zero attached hydrogens (tertiary/aromatic N) is 2. The van der Waals surface area contributed by atoms with Crippen molar-refractivity contribution < 1.29 is 23.1 Å². The zero-order valence-corrected chi connectivity index (χ0v) is 17.1. The fourth-order valence-corrected chi connectivity index (χ4v) is 3.32. The molecule has 9 heteroatoms. The minimum absolute atomic E-state index is 0.106. The van der Waals surface area contributed by atoms with Gasteiger partial charge in [-0.1, -0.05) is 28.1 Å². The van der Waals surface area contributed by atoms with E-state index in [1.807, 2.05) is 17.0 Å². The highest BCUT2D eigenvalue weighted by Gasteiger charge is 2.25. The van der Waals surface area contributed by atoms with E-state index in [4.69, 9.17) is 0 Å². The van der Waals surface area contributed by atoms with Crippen LogP contribution in [0.2, 0.25) is 0 Å².